The van der Waals surface area contributed by atoms with Gasteiger partial charge in [0.1, 0.15) is 5.58 Å². The quantitative estimate of drug-likeness (QED) is 0.557. The number of furan rings is 1. The van der Waals surface area contributed by atoms with E-state index in [0.29, 0.717) is 6.42 Å². The van der Waals surface area contributed by atoms with Crippen molar-refractivity contribution in [3.8, 4) is 0 Å². The first-order valence-corrected chi connectivity index (χ1v) is 8.92. The molecule has 0 fully saturated rings. The van der Waals surface area contributed by atoms with Crippen LogP contribution in [0.15, 0.2) is 58.0 Å². The van der Waals surface area contributed by atoms with Crippen LogP contribution in [0.1, 0.15) is 37.5 Å². The standard InChI is InChI=1S/C21H22O2S/c1-14-5-8-17(9-6-14)24-20(22)11-15-13-23-19-10-7-16(12-18(15)19)21(2,3)4/h5-10,12-13H,11H2,1-4H3. The van der Waals surface area contributed by atoms with Gasteiger partial charge in [0.25, 0.3) is 0 Å². The fourth-order valence-electron chi connectivity index (χ4n) is 2.61. The number of hydrogen-bond donors (Lipinski definition) is 0. The van der Waals surface area contributed by atoms with Crippen molar-refractivity contribution < 1.29 is 9.21 Å². The Bertz CT molecular complexity index is 867. The molecule has 0 bridgehead atoms. The SMILES string of the molecule is Cc1ccc(SC(=O)Cc2coc3ccc(C(C)(C)C)cc23)cc1. The molecule has 0 aliphatic heterocycles. The second-order valence-corrected chi connectivity index (χ2v) is 8.32. The predicted molar refractivity (Wildman–Crippen MR) is 101 cm³/mol. The van der Waals surface area contributed by atoms with Crippen molar-refractivity contribution in [2.75, 3.05) is 0 Å². The number of hydrogen-bond acceptors (Lipinski definition) is 3. The summed E-state index contributed by atoms with van der Waals surface area (Å²) in [4.78, 5) is 13.4. The zero-order valence-corrected chi connectivity index (χ0v) is 15.4. The summed E-state index contributed by atoms with van der Waals surface area (Å²) in [6.45, 7) is 8.60. The molecule has 1 heterocycles. The Morgan fingerprint density at radius 3 is 2.46 bits per heavy atom. The second kappa shape index (κ2) is 6.48. The maximum Gasteiger partial charge on any atom is 0.198 e. The van der Waals surface area contributed by atoms with E-state index in [1.54, 1.807) is 6.26 Å². The summed E-state index contributed by atoms with van der Waals surface area (Å²) in [6, 6.07) is 14.3. The molecule has 0 saturated heterocycles. The van der Waals surface area contributed by atoms with E-state index >= 15 is 0 Å². The second-order valence-electron chi connectivity index (χ2n) is 7.19. The molecule has 0 spiro atoms. The number of rotatable bonds is 3. The highest BCUT2D eigenvalue weighted by atomic mass is 32.2. The normalized spacial score (nSPS) is 11.8. The van der Waals surface area contributed by atoms with Gasteiger partial charge in [0, 0.05) is 22.3 Å². The number of aryl methyl sites for hydroxylation is 1. The monoisotopic (exact) mass is 338 g/mol. The zero-order chi connectivity index (χ0) is 17.3. The fraction of sp³-hybridized carbons (Fsp3) is 0.286. The van der Waals surface area contributed by atoms with Crippen LogP contribution in [0, 0.1) is 6.92 Å². The summed E-state index contributed by atoms with van der Waals surface area (Å²) in [5.74, 6) is 0. The number of thioether (sulfide) groups is 1. The molecule has 0 saturated carbocycles. The lowest BCUT2D eigenvalue weighted by Gasteiger charge is -2.18. The highest BCUT2D eigenvalue weighted by Gasteiger charge is 2.17. The van der Waals surface area contributed by atoms with Gasteiger partial charge in [-0.15, -0.1) is 0 Å². The van der Waals surface area contributed by atoms with Crippen molar-refractivity contribution in [1.82, 2.24) is 0 Å². The zero-order valence-electron chi connectivity index (χ0n) is 14.6. The molecule has 0 unspecified atom stereocenters. The molecular weight excluding hydrogens is 316 g/mol. The van der Waals surface area contributed by atoms with Crippen LogP contribution in [0.2, 0.25) is 0 Å². The Kier molecular flexibility index (Phi) is 4.55. The first kappa shape index (κ1) is 16.8. The first-order valence-electron chi connectivity index (χ1n) is 8.11. The predicted octanol–water partition coefficient (Wildman–Crippen LogP) is 5.90. The molecule has 0 N–H and O–H groups in total. The van der Waals surface area contributed by atoms with Crippen molar-refractivity contribution in [3.63, 3.8) is 0 Å². The third kappa shape index (κ3) is 3.73. The van der Waals surface area contributed by atoms with Crippen molar-refractivity contribution in [3.05, 3.63) is 65.4 Å². The smallest absolute Gasteiger partial charge is 0.198 e. The van der Waals surface area contributed by atoms with Gasteiger partial charge in [-0.1, -0.05) is 56.3 Å². The van der Waals surface area contributed by atoms with Gasteiger partial charge in [-0.05, 0) is 42.2 Å². The van der Waals surface area contributed by atoms with Crippen LogP contribution < -0.4 is 0 Å². The van der Waals surface area contributed by atoms with Crippen molar-refractivity contribution in [2.45, 2.75) is 44.4 Å². The van der Waals surface area contributed by atoms with Crippen LogP contribution in [-0.4, -0.2) is 5.12 Å². The molecule has 3 aromatic rings. The van der Waals surface area contributed by atoms with Gasteiger partial charge < -0.3 is 4.42 Å². The van der Waals surface area contributed by atoms with E-state index in [1.165, 1.54) is 22.9 Å². The van der Waals surface area contributed by atoms with Crippen molar-refractivity contribution >= 4 is 27.8 Å². The lowest BCUT2D eigenvalue weighted by molar-refractivity contribution is -0.110. The third-order valence-corrected chi connectivity index (χ3v) is 4.99. The molecule has 2 nitrogen and oxygen atoms in total. The maximum atomic E-state index is 12.4. The lowest BCUT2D eigenvalue weighted by Crippen LogP contribution is -2.10. The molecular formula is C21H22O2S. The van der Waals surface area contributed by atoms with E-state index < -0.39 is 0 Å². The van der Waals surface area contributed by atoms with Crippen LogP contribution in [0.25, 0.3) is 11.0 Å². The molecule has 0 aliphatic rings. The fourth-order valence-corrected chi connectivity index (χ4v) is 3.38. The van der Waals surface area contributed by atoms with Gasteiger partial charge in [-0.2, -0.15) is 0 Å². The molecule has 3 rings (SSSR count). The minimum atomic E-state index is 0.0728. The van der Waals surface area contributed by atoms with Gasteiger partial charge in [-0.25, -0.2) is 0 Å². The molecule has 0 aliphatic carbocycles. The number of fused-ring (bicyclic) bond motifs is 1. The van der Waals surface area contributed by atoms with Crippen molar-refractivity contribution in [2.24, 2.45) is 0 Å². The van der Waals surface area contributed by atoms with E-state index in [2.05, 4.69) is 32.9 Å². The highest BCUT2D eigenvalue weighted by molar-refractivity contribution is 8.13. The summed E-state index contributed by atoms with van der Waals surface area (Å²) in [7, 11) is 0. The molecule has 0 radical (unpaired) electrons. The number of carbonyl (C=O) groups is 1. The molecule has 124 valence electrons. The van der Waals surface area contributed by atoms with E-state index in [-0.39, 0.29) is 10.5 Å². The van der Waals surface area contributed by atoms with Crippen LogP contribution in [-0.2, 0) is 16.6 Å². The van der Waals surface area contributed by atoms with Gasteiger partial charge >= 0.3 is 0 Å². The van der Waals surface area contributed by atoms with Gasteiger partial charge in [-0.3, -0.25) is 4.79 Å². The summed E-state index contributed by atoms with van der Waals surface area (Å²) in [6.07, 6.45) is 2.09. The first-order chi connectivity index (χ1) is 11.3. The Balaban J connectivity index is 1.81. The molecule has 0 atom stereocenters. The summed E-state index contributed by atoms with van der Waals surface area (Å²) >= 11 is 1.29. The lowest BCUT2D eigenvalue weighted by atomic mass is 9.86. The average molecular weight is 338 g/mol. The maximum absolute atomic E-state index is 12.4. The van der Waals surface area contributed by atoms with Crippen LogP contribution in [0.5, 0.6) is 0 Å². The molecule has 24 heavy (non-hydrogen) atoms. The largest absolute Gasteiger partial charge is 0.464 e. The highest BCUT2D eigenvalue weighted by Crippen LogP contribution is 2.30. The van der Waals surface area contributed by atoms with Crippen molar-refractivity contribution in [1.29, 1.82) is 0 Å². The summed E-state index contributed by atoms with van der Waals surface area (Å²) < 4.78 is 5.62. The summed E-state index contributed by atoms with van der Waals surface area (Å²) in [5, 5.41) is 1.17. The molecule has 0 amide bonds. The van der Waals surface area contributed by atoms with Crippen LogP contribution in [0.4, 0.5) is 0 Å². The minimum Gasteiger partial charge on any atom is -0.464 e. The Hall–Kier alpha value is -2.00. The third-order valence-electron chi connectivity index (χ3n) is 4.11. The van der Waals surface area contributed by atoms with Gasteiger partial charge in [0.2, 0.25) is 0 Å². The van der Waals surface area contributed by atoms with E-state index in [9.17, 15) is 4.79 Å². The van der Waals surface area contributed by atoms with Crippen LogP contribution in [0.3, 0.4) is 0 Å². The Labute approximate surface area is 147 Å². The average Bonchev–Trinajstić information content (AvgIpc) is 2.91. The molecule has 3 heteroatoms. The van der Waals surface area contributed by atoms with Gasteiger partial charge in [0.15, 0.2) is 5.12 Å². The minimum absolute atomic E-state index is 0.0728. The van der Waals surface area contributed by atoms with E-state index in [4.69, 9.17) is 4.42 Å². The number of carbonyl (C=O) groups excluding carboxylic acids is 1. The van der Waals surface area contributed by atoms with Crippen LogP contribution >= 0.6 is 11.8 Å². The van der Waals surface area contributed by atoms with E-state index in [0.717, 1.165) is 21.4 Å². The molecule has 1 aromatic heterocycles. The summed E-state index contributed by atoms with van der Waals surface area (Å²) in [5.41, 5.74) is 4.31. The van der Waals surface area contributed by atoms with E-state index in [1.807, 2.05) is 37.3 Å². The Morgan fingerprint density at radius 1 is 1.08 bits per heavy atom. The topological polar surface area (TPSA) is 30.2 Å². The Morgan fingerprint density at radius 2 is 1.79 bits per heavy atom. The van der Waals surface area contributed by atoms with Gasteiger partial charge in [0.05, 0.1) is 6.26 Å². The number of benzene rings is 2. The molecule has 2 aromatic carbocycles.